The van der Waals surface area contributed by atoms with Crippen LogP contribution < -0.4 is 10.0 Å². The van der Waals surface area contributed by atoms with E-state index in [9.17, 15) is 23.3 Å². The predicted molar refractivity (Wildman–Crippen MR) is 95.2 cm³/mol. The number of hydrogen-bond donors (Lipinski definition) is 2. The molecule has 136 valence electrons. The Labute approximate surface area is 150 Å². The van der Waals surface area contributed by atoms with Crippen molar-refractivity contribution >= 4 is 27.3 Å². The number of sulfonamides is 1. The number of hydrogen-bond acceptors (Lipinski definition) is 5. The van der Waals surface area contributed by atoms with Gasteiger partial charge in [-0.05, 0) is 42.7 Å². The first-order valence-electron chi connectivity index (χ1n) is 7.99. The van der Waals surface area contributed by atoms with E-state index in [-0.39, 0.29) is 22.9 Å². The maximum Gasteiger partial charge on any atom is 0.269 e. The Morgan fingerprint density at radius 2 is 1.69 bits per heavy atom. The van der Waals surface area contributed by atoms with Crippen molar-refractivity contribution in [1.82, 2.24) is 5.32 Å². The van der Waals surface area contributed by atoms with Crippen molar-refractivity contribution in [3.8, 4) is 0 Å². The number of carbonyl (C=O) groups excluding carboxylic acids is 1. The summed E-state index contributed by atoms with van der Waals surface area (Å²) in [4.78, 5) is 21.7. The van der Waals surface area contributed by atoms with Crippen LogP contribution in [0.4, 0.5) is 11.4 Å². The van der Waals surface area contributed by atoms with E-state index >= 15 is 0 Å². The van der Waals surface area contributed by atoms with Crippen LogP contribution in [0.25, 0.3) is 0 Å². The summed E-state index contributed by atoms with van der Waals surface area (Å²) in [5.41, 5.74) is 0.939. The number of amides is 1. The van der Waals surface area contributed by atoms with E-state index in [1.54, 1.807) is 24.3 Å². The fourth-order valence-corrected chi connectivity index (χ4v) is 3.40. The van der Waals surface area contributed by atoms with E-state index in [1.165, 1.54) is 12.1 Å². The zero-order chi connectivity index (χ0) is 18.7. The molecule has 0 aromatic heterocycles. The topological polar surface area (TPSA) is 118 Å². The van der Waals surface area contributed by atoms with E-state index in [1.807, 2.05) is 0 Å². The van der Waals surface area contributed by atoms with Crippen molar-refractivity contribution < 1.29 is 18.1 Å². The largest absolute Gasteiger partial charge is 0.353 e. The summed E-state index contributed by atoms with van der Waals surface area (Å²) in [5, 5.41) is 13.5. The average molecular weight is 375 g/mol. The zero-order valence-corrected chi connectivity index (χ0v) is 14.5. The third-order valence-electron chi connectivity index (χ3n) is 3.87. The van der Waals surface area contributed by atoms with E-state index in [2.05, 4.69) is 10.0 Å². The van der Waals surface area contributed by atoms with Gasteiger partial charge in [-0.15, -0.1) is 0 Å². The molecule has 1 amide bonds. The lowest BCUT2D eigenvalue weighted by Crippen LogP contribution is -2.26. The summed E-state index contributed by atoms with van der Waals surface area (Å²) in [7, 11) is -3.85. The molecule has 1 fully saturated rings. The van der Waals surface area contributed by atoms with Gasteiger partial charge in [-0.1, -0.05) is 12.1 Å². The van der Waals surface area contributed by atoms with E-state index in [0.29, 0.717) is 11.7 Å². The number of benzene rings is 2. The average Bonchev–Trinajstić information content (AvgIpc) is 3.40. The Balaban J connectivity index is 1.65. The highest BCUT2D eigenvalue weighted by molar-refractivity contribution is 7.92. The number of carbonyl (C=O) groups is 1. The molecule has 0 atom stereocenters. The zero-order valence-electron chi connectivity index (χ0n) is 13.7. The highest BCUT2D eigenvalue weighted by atomic mass is 32.2. The van der Waals surface area contributed by atoms with Crippen molar-refractivity contribution in [3.63, 3.8) is 0 Å². The molecule has 1 saturated carbocycles. The maximum atomic E-state index is 12.3. The molecular weight excluding hydrogens is 358 g/mol. The van der Waals surface area contributed by atoms with Crippen LogP contribution in [0.1, 0.15) is 18.4 Å². The second-order valence-electron chi connectivity index (χ2n) is 6.07. The molecule has 0 saturated heterocycles. The molecule has 2 N–H and O–H groups in total. The van der Waals surface area contributed by atoms with Gasteiger partial charge >= 0.3 is 0 Å². The molecule has 1 aliphatic rings. The minimum Gasteiger partial charge on any atom is -0.353 e. The van der Waals surface area contributed by atoms with Crippen molar-refractivity contribution in [2.45, 2.75) is 30.2 Å². The number of anilines is 1. The Morgan fingerprint density at radius 1 is 1.08 bits per heavy atom. The van der Waals surface area contributed by atoms with Crippen LogP contribution in [0.2, 0.25) is 0 Å². The first-order chi connectivity index (χ1) is 12.3. The molecule has 0 spiro atoms. The van der Waals surface area contributed by atoms with E-state index in [4.69, 9.17) is 0 Å². The number of nitro groups is 1. The molecule has 0 unspecified atom stereocenters. The molecule has 1 aliphatic carbocycles. The second-order valence-corrected chi connectivity index (χ2v) is 7.75. The predicted octanol–water partition coefficient (Wildman–Crippen LogP) is 2.22. The first-order valence-corrected chi connectivity index (χ1v) is 9.47. The molecule has 0 heterocycles. The quantitative estimate of drug-likeness (QED) is 0.568. The van der Waals surface area contributed by atoms with Crippen molar-refractivity contribution in [1.29, 1.82) is 0 Å². The lowest BCUT2D eigenvalue weighted by molar-refractivity contribution is -0.384. The van der Waals surface area contributed by atoms with Crippen LogP contribution >= 0.6 is 0 Å². The fraction of sp³-hybridized carbons (Fsp3) is 0.235. The lowest BCUT2D eigenvalue weighted by atomic mass is 10.1. The summed E-state index contributed by atoms with van der Waals surface area (Å²) in [6.07, 6.45) is 2.29. The van der Waals surface area contributed by atoms with Gasteiger partial charge in [0.1, 0.15) is 0 Å². The molecule has 0 aliphatic heterocycles. The summed E-state index contributed by atoms with van der Waals surface area (Å²) in [6, 6.07) is 11.4. The smallest absolute Gasteiger partial charge is 0.269 e. The normalized spacial score (nSPS) is 13.8. The molecule has 2 aromatic carbocycles. The second kappa shape index (κ2) is 7.12. The number of nitrogens with zero attached hydrogens (tertiary/aromatic N) is 1. The Morgan fingerprint density at radius 3 is 2.23 bits per heavy atom. The number of rotatable bonds is 7. The van der Waals surface area contributed by atoms with Crippen LogP contribution in [0.3, 0.4) is 0 Å². The first kappa shape index (κ1) is 17.9. The van der Waals surface area contributed by atoms with Crippen LogP contribution in [0, 0.1) is 10.1 Å². The number of non-ortho nitro benzene ring substituents is 1. The number of nitrogens with one attached hydrogen (secondary N) is 2. The third-order valence-corrected chi connectivity index (χ3v) is 5.27. The van der Waals surface area contributed by atoms with Gasteiger partial charge in [0.05, 0.1) is 16.2 Å². The van der Waals surface area contributed by atoms with Crippen molar-refractivity contribution in [3.05, 3.63) is 64.2 Å². The Bertz CT molecular complexity index is 920. The minimum absolute atomic E-state index is 0.0493. The Kier molecular flexibility index (Phi) is 4.90. The van der Waals surface area contributed by atoms with Crippen LogP contribution in [0.15, 0.2) is 53.4 Å². The van der Waals surface area contributed by atoms with Gasteiger partial charge in [-0.2, -0.15) is 0 Å². The van der Waals surface area contributed by atoms with Gasteiger partial charge in [0, 0.05) is 23.9 Å². The summed E-state index contributed by atoms with van der Waals surface area (Å²) < 4.78 is 27.1. The minimum atomic E-state index is -3.85. The van der Waals surface area contributed by atoms with Gasteiger partial charge in [-0.25, -0.2) is 8.42 Å². The lowest BCUT2D eigenvalue weighted by Gasteiger charge is -2.09. The van der Waals surface area contributed by atoms with Gasteiger partial charge < -0.3 is 5.32 Å². The standard InChI is InChI=1S/C17H17N3O5S/c21-17(18-13-5-6-13)11-12-1-3-14(4-2-12)19-26(24,25)16-9-7-15(8-10-16)20(22)23/h1-4,7-10,13,19H,5-6,11H2,(H,18,21). The molecule has 26 heavy (non-hydrogen) atoms. The molecule has 0 bridgehead atoms. The Hall–Kier alpha value is -2.94. The van der Waals surface area contributed by atoms with Gasteiger partial charge in [0.25, 0.3) is 15.7 Å². The molecule has 2 aromatic rings. The number of nitro benzene ring substituents is 1. The van der Waals surface area contributed by atoms with Crippen LogP contribution in [0.5, 0.6) is 0 Å². The van der Waals surface area contributed by atoms with Crippen molar-refractivity contribution in [2.24, 2.45) is 0 Å². The van der Waals surface area contributed by atoms with E-state index < -0.39 is 14.9 Å². The molecule has 8 nitrogen and oxygen atoms in total. The molecule has 0 radical (unpaired) electrons. The van der Waals surface area contributed by atoms with Gasteiger partial charge in [0.2, 0.25) is 5.91 Å². The van der Waals surface area contributed by atoms with Crippen LogP contribution in [-0.4, -0.2) is 25.3 Å². The van der Waals surface area contributed by atoms with Gasteiger partial charge in [-0.3, -0.25) is 19.6 Å². The van der Waals surface area contributed by atoms with Crippen LogP contribution in [-0.2, 0) is 21.2 Å². The van der Waals surface area contributed by atoms with E-state index in [0.717, 1.165) is 30.5 Å². The molecule has 9 heteroatoms. The summed E-state index contributed by atoms with van der Waals surface area (Å²) in [6.45, 7) is 0. The van der Waals surface area contributed by atoms with Gasteiger partial charge in [0.15, 0.2) is 0 Å². The summed E-state index contributed by atoms with van der Waals surface area (Å²) >= 11 is 0. The summed E-state index contributed by atoms with van der Waals surface area (Å²) in [5.74, 6) is -0.0493. The highest BCUT2D eigenvalue weighted by Gasteiger charge is 2.23. The monoisotopic (exact) mass is 375 g/mol. The van der Waals surface area contributed by atoms with Crippen molar-refractivity contribution in [2.75, 3.05) is 4.72 Å². The maximum absolute atomic E-state index is 12.3. The molecule has 3 rings (SSSR count). The highest BCUT2D eigenvalue weighted by Crippen LogP contribution is 2.21. The SMILES string of the molecule is O=C(Cc1ccc(NS(=O)(=O)c2ccc([N+](=O)[O-])cc2)cc1)NC1CC1. The third kappa shape index (κ3) is 4.57. The molecular formula is C17H17N3O5S. The fourth-order valence-electron chi connectivity index (χ4n) is 2.34.